The van der Waals surface area contributed by atoms with Crippen LogP contribution in [0, 0.1) is 13.8 Å². The van der Waals surface area contributed by atoms with E-state index in [9.17, 15) is 4.79 Å². The molecule has 0 aliphatic heterocycles. The summed E-state index contributed by atoms with van der Waals surface area (Å²) >= 11 is 0. The molecule has 0 atom stereocenters. The van der Waals surface area contributed by atoms with E-state index >= 15 is 0 Å². The SMILES string of the molecule is Cc1cccc(Nc2ccnc(C(=O)Nc3cc(C)on3)c2)c1. The Morgan fingerprint density at radius 2 is 1.91 bits per heavy atom. The molecule has 3 aromatic rings. The first-order valence-electron chi connectivity index (χ1n) is 7.14. The number of carbonyl (C=O) groups excluding carboxylic acids is 1. The molecule has 1 amide bonds. The van der Waals surface area contributed by atoms with Gasteiger partial charge in [0.25, 0.3) is 5.91 Å². The van der Waals surface area contributed by atoms with Crippen LogP contribution in [0.1, 0.15) is 21.8 Å². The Labute approximate surface area is 133 Å². The second kappa shape index (κ2) is 6.31. The molecule has 0 radical (unpaired) electrons. The Morgan fingerprint density at radius 1 is 1.09 bits per heavy atom. The van der Waals surface area contributed by atoms with E-state index in [1.54, 1.807) is 31.3 Å². The predicted molar refractivity (Wildman–Crippen MR) is 87.9 cm³/mol. The maximum absolute atomic E-state index is 12.2. The summed E-state index contributed by atoms with van der Waals surface area (Å²) in [5.74, 6) is 0.653. The highest BCUT2D eigenvalue weighted by Crippen LogP contribution is 2.18. The van der Waals surface area contributed by atoms with Crippen molar-refractivity contribution in [1.29, 1.82) is 0 Å². The molecule has 0 fully saturated rings. The van der Waals surface area contributed by atoms with Crippen molar-refractivity contribution < 1.29 is 9.32 Å². The summed E-state index contributed by atoms with van der Waals surface area (Å²) in [7, 11) is 0. The minimum Gasteiger partial charge on any atom is -0.360 e. The molecule has 1 aromatic carbocycles. The van der Waals surface area contributed by atoms with Crippen molar-refractivity contribution in [3.63, 3.8) is 0 Å². The number of aryl methyl sites for hydroxylation is 2. The van der Waals surface area contributed by atoms with Crippen LogP contribution in [0.5, 0.6) is 0 Å². The summed E-state index contributed by atoms with van der Waals surface area (Å²) in [5.41, 5.74) is 3.19. The maximum atomic E-state index is 12.2. The molecule has 116 valence electrons. The topological polar surface area (TPSA) is 80.0 Å². The van der Waals surface area contributed by atoms with Gasteiger partial charge in [0.05, 0.1) is 0 Å². The number of benzene rings is 1. The molecule has 0 spiro atoms. The Balaban J connectivity index is 1.75. The lowest BCUT2D eigenvalue weighted by Gasteiger charge is -2.08. The van der Waals surface area contributed by atoms with Crippen LogP contribution in [0.15, 0.2) is 53.2 Å². The van der Waals surface area contributed by atoms with Gasteiger partial charge < -0.3 is 15.2 Å². The maximum Gasteiger partial charge on any atom is 0.275 e. The number of hydrogen-bond donors (Lipinski definition) is 2. The minimum atomic E-state index is -0.341. The van der Waals surface area contributed by atoms with Gasteiger partial charge in [0, 0.05) is 23.6 Å². The Kier molecular flexibility index (Phi) is 4.05. The first-order chi connectivity index (χ1) is 11.1. The average molecular weight is 308 g/mol. The third-order valence-electron chi connectivity index (χ3n) is 3.17. The molecule has 6 nitrogen and oxygen atoms in total. The van der Waals surface area contributed by atoms with E-state index in [2.05, 4.69) is 20.8 Å². The van der Waals surface area contributed by atoms with E-state index in [1.807, 2.05) is 31.2 Å². The average Bonchev–Trinajstić information content (AvgIpc) is 2.92. The standard InChI is InChI=1S/C17H16N4O2/c1-11-4-3-5-13(8-11)19-14-6-7-18-15(10-14)17(22)20-16-9-12(2)23-21-16/h3-10H,1-2H3,(H,18,19)(H,20,21,22). The van der Waals surface area contributed by atoms with Gasteiger partial charge in [-0.3, -0.25) is 9.78 Å². The van der Waals surface area contributed by atoms with Gasteiger partial charge in [-0.05, 0) is 43.7 Å². The fraction of sp³-hybridized carbons (Fsp3) is 0.118. The van der Waals surface area contributed by atoms with Gasteiger partial charge >= 0.3 is 0 Å². The van der Waals surface area contributed by atoms with E-state index in [-0.39, 0.29) is 5.91 Å². The third-order valence-corrected chi connectivity index (χ3v) is 3.17. The monoisotopic (exact) mass is 308 g/mol. The number of amides is 1. The Morgan fingerprint density at radius 3 is 2.65 bits per heavy atom. The number of pyridine rings is 1. The lowest BCUT2D eigenvalue weighted by molar-refractivity contribution is 0.102. The predicted octanol–water partition coefficient (Wildman–Crippen LogP) is 3.68. The van der Waals surface area contributed by atoms with Crippen molar-refractivity contribution in [2.75, 3.05) is 10.6 Å². The van der Waals surface area contributed by atoms with Gasteiger partial charge in [-0.1, -0.05) is 17.3 Å². The van der Waals surface area contributed by atoms with Crippen molar-refractivity contribution in [1.82, 2.24) is 10.1 Å². The van der Waals surface area contributed by atoms with E-state index in [4.69, 9.17) is 4.52 Å². The Hall–Kier alpha value is -3.15. The van der Waals surface area contributed by atoms with Crippen molar-refractivity contribution in [3.8, 4) is 0 Å². The number of aromatic nitrogens is 2. The van der Waals surface area contributed by atoms with Gasteiger partial charge in [0.15, 0.2) is 5.82 Å². The molecular formula is C17H16N4O2. The Bertz CT molecular complexity index is 842. The van der Waals surface area contributed by atoms with Crippen LogP contribution < -0.4 is 10.6 Å². The first-order valence-corrected chi connectivity index (χ1v) is 7.14. The normalized spacial score (nSPS) is 10.3. The summed E-state index contributed by atoms with van der Waals surface area (Å²) in [6.07, 6.45) is 1.58. The zero-order valence-corrected chi connectivity index (χ0v) is 12.8. The summed E-state index contributed by atoms with van der Waals surface area (Å²) in [5, 5.41) is 9.63. The molecule has 0 bridgehead atoms. The number of anilines is 3. The van der Waals surface area contributed by atoms with Gasteiger partial charge in [-0.2, -0.15) is 0 Å². The molecule has 0 saturated carbocycles. The summed E-state index contributed by atoms with van der Waals surface area (Å²) in [6, 6.07) is 13.1. The van der Waals surface area contributed by atoms with E-state index in [0.29, 0.717) is 17.3 Å². The highest BCUT2D eigenvalue weighted by Gasteiger charge is 2.11. The van der Waals surface area contributed by atoms with Gasteiger partial charge in [0.2, 0.25) is 0 Å². The molecule has 3 rings (SSSR count). The van der Waals surface area contributed by atoms with Crippen LogP contribution >= 0.6 is 0 Å². The van der Waals surface area contributed by atoms with Crippen LogP contribution in [0.3, 0.4) is 0 Å². The lowest BCUT2D eigenvalue weighted by atomic mass is 10.2. The lowest BCUT2D eigenvalue weighted by Crippen LogP contribution is -2.14. The minimum absolute atomic E-state index is 0.295. The van der Waals surface area contributed by atoms with Crippen molar-refractivity contribution in [3.05, 3.63) is 65.7 Å². The number of hydrogen-bond acceptors (Lipinski definition) is 5. The first kappa shape index (κ1) is 14.8. The molecule has 0 unspecified atom stereocenters. The number of carbonyl (C=O) groups is 1. The molecular weight excluding hydrogens is 292 g/mol. The highest BCUT2D eigenvalue weighted by molar-refractivity contribution is 6.02. The summed E-state index contributed by atoms with van der Waals surface area (Å²) < 4.78 is 4.92. The molecule has 0 saturated heterocycles. The summed E-state index contributed by atoms with van der Waals surface area (Å²) in [4.78, 5) is 16.3. The second-order valence-electron chi connectivity index (χ2n) is 5.20. The molecule has 6 heteroatoms. The number of rotatable bonds is 4. The smallest absolute Gasteiger partial charge is 0.275 e. The number of nitrogens with one attached hydrogen (secondary N) is 2. The fourth-order valence-electron chi connectivity index (χ4n) is 2.13. The largest absolute Gasteiger partial charge is 0.360 e. The number of nitrogens with zero attached hydrogens (tertiary/aromatic N) is 2. The fourth-order valence-corrected chi connectivity index (χ4v) is 2.13. The van der Waals surface area contributed by atoms with Crippen LogP contribution in [-0.2, 0) is 0 Å². The molecule has 2 aromatic heterocycles. The van der Waals surface area contributed by atoms with Crippen molar-refractivity contribution in [2.24, 2.45) is 0 Å². The molecule has 0 aliphatic carbocycles. The second-order valence-corrected chi connectivity index (χ2v) is 5.20. The quantitative estimate of drug-likeness (QED) is 0.768. The highest BCUT2D eigenvalue weighted by atomic mass is 16.5. The van der Waals surface area contributed by atoms with Crippen LogP contribution in [0.4, 0.5) is 17.2 Å². The van der Waals surface area contributed by atoms with Crippen LogP contribution in [0.25, 0.3) is 0 Å². The molecule has 0 aliphatic rings. The summed E-state index contributed by atoms with van der Waals surface area (Å²) in [6.45, 7) is 3.78. The zero-order chi connectivity index (χ0) is 16.2. The molecule has 23 heavy (non-hydrogen) atoms. The third kappa shape index (κ3) is 3.74. The van der Waals surface area contributed by atoms with Gasteiger partial charge in [-0.15, -0.1) is 0 Å². The van der Waals surface area contributed by atoms with E-state index in [1.165, 1.54) is 0 Å². The zero-order valence-electron chi connectivity index (χ0n) is 12.8. The van der Waals surface area contributed by atoms with E-state index in [0.717, 1.165) is 16.9 Å². The van der Waals surface area contributed by atoms with Gasteiger partial charge in [-0.25, -0.2) is 0 Å². The van der Waals surface area contributed by atoms with Crippen molar-refractivity contribution in [2.45, 2.75) is 13.8 Å². The van der Waals surface area contributed by atoms with Gasteiger partial charge in [0.1, 0.15) is 11.5 Å². The van der Waals surface area contributed by atoms with Crippen molar-refractivity contribution >= 4 is 23.1 Å². The molecule has 2 heterocycles. The van der Waals surface area contributed by atoms with E-state index < -0.39 is 0 Å². The molecule has 2 N–H and O–H groups in total. The van der Waals surface area contributed by atoms with Crippen LogP contribution in [-0.4, -0.2) is 16.0 Å². The van der Waals surface area contributed by atoms with Crippen LogP contribution in [0.2, 0.25) is 0 Å².